The summed E-state index contributed by atoms with van der Waals surface area (Å²) in [6, 6.07) is 2.70. The van der Waals surface area contributed by atoms with Crippen molar-refractivity contribution in [2.75, 3.05) is 45.3 Å². The molecule has 7 rings (SSSR count). The van der Waals surface area contributed by atoms with Gasteiger partial charge in [0, 0.05) is 35.8 Å². The van der Waals surface area contributed by atoms with E-state index in [1.807, 2.05) is 67.7 Å². The van der Waals surface area contributed by atoms with Gasteiger partial charge in [-0.2, -0.15) is 0 Å². The molecule has 2 aromatic heterocycles. The standard InChI is InChI=1S/C51H72ClN7O11S/c1-13-30-22-51(30,45(62)65-12)57-43(60)37-20-33(23-59(37)44(61)42(49(6,7)8)56-47(63)69-32-18-28(4)29(5)19-32)68-39-21-35(36-26-71-46(55-36)53-27(2)3)54-41-34(39)14-15-38(40(41)52)67-25-31-24-66-17-16-58(31)48(64)70-50(9,10)11/h14-15,21,26-33,37,42H,13,16-20,22-25H2,1-12H3,(H,53,55)(H,56,63)(H,57,60)/t28-,29?,30-,31-,32+,33-,37+,42-,51-/m1/s1. The monoisotopic (exact) mass is 1030 g/mol. The number of anilines is 1. The van der Waals surface area contributed by atoms with Gasteiger partial charge in [0.1, 0.15) is 64.3 Å². The first-order valence-electron chi connectivity index (χ1n) is 24.8. The van der Waals surface area contributed by atoms with E-state index < -0.39 is 70.8 Å². The van der Waals surface area contributed by atoms with Crippen LogP contribution in [0.15, 0.2) is 23.6 Å². The van der Waals surface area contributed by atoms with E-state index in [0.29, 0.717) is 76.8 Å². The predicted molar refractivity (Wildman–Crippen MR) is 270 cm³/mol. The van der Waals surface area contributed by atoms with Crippen molar-refractivity contribution in [3.05, 3.63) is 28.6 Å². The number of fused-ring (bicyclic) bond motifs is 1. The second kappa shape index (κ2) is 21.5. The minimum absolute atomic E-state index is 0.0373. The predicted octanol–water partition coefficient (Wildman–Crippen LogP) is 8.23. The number of methoxy groups -OCH3 is 1. The van der Waals surface area contributed by atoms with Crippen LogP contribution in [-0.4, -0.2) is 137 Å². The Bertz CT molecular complexity index is 2450. The molecule has 1 aromatic carbocycles. The lowest BCUT2D eigenvalue weighted by Crippen LogP contribution is -2.59. The largest absolute Gasteiger partial charge is 0.490 e. The van der Waals surface area contributed by atoms with Crippen molar-refractivity contribution < 1.29 is 52.4 Å². The molecule has 0 spiro atoms. The number of aromatic nitrogens is 2. The summed E-state index contributed by atoms with van der Waals surface area (Å²) in [5, 5.41) is 12.4. The van der Waals surface area contributed by atoms with E-state index in [1.165, 1.54) is 23.3 Å². The second-order valence-electron chi connectivity index (χ2n) is 22.0. The van der Waals surface area contributed by atoms with Crippen molar-refractivity contribution in [3.8, 4) is 22.9 Å². The normalized spacial score (nSPS) is 25.9. The van der Waals surface area contributed by atoms with E-state index in [0.717, 1.165) is 12.8 Å². The lowest BCUT2D eigenvalue weighted by Gasteiger charge is -2.36. The number of pyridine rings is 1. The average Bonchev–Trinajstić information content (AvgIpc) is 3.53. The van der Waals surface area contributed by atoms with Crippen LogP contribution < -0.4 is 25.4 Å². The number of hydrogen-bond donors (Lipinski definition) is 3. The van der Waals surface area contributed by atoms with Gasteiger partial charge in [-0.3, -0.25) is 14.5 Å². The molecule has 0 radical (unpaired) electrons. The van der Waals surface area contributed by atoms with E-state index in [9.17, 15) is 19.2 Å². The Labute approximate surface area is 425 Å². The summed E-state index contributed by atoms with van der Waals surface area (Å²) in [5.41, 5.74) is -1.40. The van der Waals surface area contributed by atoms with Gasteiger partial charge in [-0.15, -0.1) is 11.3 Å². The van der Waals surface area contributed by atoms with Crippen molar-refractivity contribution in [1.82, 2.24) is 30.4 Å². The number of rotatable bonds is 15. The summed E-state index contributed by atoms with van der Waals surface area (Å²) in [4.78, 5) is 82.4. The number of esters is 1. The molecular formula is C51H72ClN7O11S. The fraction of sp³-hybridized carbons (Fsp3) is 0.667. The van der Waals surface area contributed by atoms with Crippen LogP contribution in [0.2, 0.25) is 5.02 Å². The highest BCUT2D eigenvalue weighted by atomic mass is 35.5. The summed E-state index contributed by atoms with van der Waals surface area (Å²) in [6.07, 6.45) is 0.299. The first kappa shape index (κ1) is 53.7. The lowest BCUT2D eigenvalue weighted by atomic mass is 9.85. The molecule has 71 heavy (non-hydrogen) atoms. The molecule has 4 fully saturated rings. The summed E-state index contributed by atoms with van der Waals surface area (Å²) >= 11 is 8.63. The number of benzene rings is 1. The third-order valence-electron chi connectivity index (χ3n) is 13.8. The number of carbonyl (C=O) groups is 5. The Morgan fingerprint density at radius 3 is 2.32 bits per heavy atom. The van der Waals surface area contributed by atoms with Crippen LogP contribution >= 0.6 is 22.9 Å². The zero-order chi connectivity index (χ0) is 51.7. The van der Waals surface area contributed by atoms with Gasteiger partial charge in [0.15, 0.2) is 5.13 Å². The SMILES string of the molecule is CC[C@@H]1C[C@]1(NC(=O)[C@@H]1C[C@@H](Oc2cc(-c3csc(NC(C)C)n3)nc3c(Cl)c(OC[C@H]4COCCN4C(=O)OC(C)(C)C)ccc23)CN1C(=O)[C@@H](NC(=O)O[C@@H]1CC(C)[C@H](C)C1)C(C)(C)C)C(=O)OC. The molecule has 3 aromatic rings. The number of carbonyl (C=O) groups excluding carboxylic acids is 5. The molecule has 18 nitrogen and oxygen atoms in total. The van der Waals surface area contributed by atoms with Gasteiger partial charge >= 0.3 is 18.2 Å². The quantitative estimate of drug-likeness (QED) is 0.0968. The summed E-state index contributed by atoms with van der Waals surface area (Å²) in [5.74, 6) is -0.292. The Morgan fingerprint density at radius 2 is 1.69 bits per heavy atom. The summed E-state index contributed by atoms with van der Waals surface area (Å²) in [6.45, 7) is 22.1. The van der Waals surface area contributed by atoms with Crippen molar-refractivity contribution in [2.24, 2.45) is 23.2 Å². The van der Waals surface area contributed by atoms with E-state index in [1.54, 1.807) is 23.1 Å². The van der Waals surface area contributed by atoms with Crippen molar-refractivity contribution in [2.45, 2.75) is 156 Å². The van der Waals surface area contributed by atoms with Gasteiger partial charge < -0.3 is 49.3 Å². The Morgan fingerprint density at radius 1 is 0.972 bits per heavy atom. The number of likely N-dealkylation sites (tertiary alicyclic amines) is 1. The van der Waals surface area contributed by atoms with Gasteiger partial charge in [0.25, 0.3) is 0 Å². The van der Waals surface area contributed by atoms with Crippen LogP contribution in [0.5, 0.6) is 11.5 Å². The van der Waals surface area contributed by atoms with Crippen molar-refractivity contribution in [3.63, 3.8) is 0 Å². The molecule has 2 aliphatic carbocycles. The number of thiazole rings is 1. The fourth-order valence-electron chi connectivity index (χ4n) is 9.71. The number of amides is 4. The molecule has 390 valence electrons. The van der Waals surface area contributed by atoms with Crippen molar-refractivity contribution >= 4 is 68.9 Å². The molecule has 4 aliphatic rings. The van der Waals surface area contributed by atoms with E-state index in [-0.39, 0.29) is 49.3 Å². The zero-order valence-corrected chi connectivity index (χ0v) is 44.7. The number of hydrogen-bond acceptors (Lipinski definition) is 15. The van der Waals surface area contributed by atoms with Gasteiger partial charge in [-0.05, 0) is 89.2 Å². The highest BCUT2D eigenvalue weighted by Gasteiger charge is 2.62. The third-order valence-corrected chi connectivity index (χ3v) is 15.0. The smallest absolute Gasteiger partial charge is 0.410 e. The van der Waals surface area contributed by atoms with Gasteiger partial charge in [0.05, 0.1) is 44.1 Å². The number of alkyl carbamates (subject to hydrolysis) is 1. The number of ether oxygens (including phenoxy) is 6. The molecule has 1 unspecified atom stereocenters. The summed E-state index contributed by atoms with van der Waals surface area (Å²) < 4.78 is 35.7. The number of nitrogens with one attached hydrogen (secondary N) is 3. The molecule has 2 aliphatic heterocycles. The molecule has 0 bridgehead atoms. The molecule has 4 amide bonds. The van der Waals surface area contributed by atoms with Gasteiger partial charge in [-0.25, -0.2) is 24.4 Å². The maximum atomic E-state index is 15.0. The van der Waals surface area contributed by atoms with Crippen LogP contribution in [0.3, 0.4) is 0 Å². The van der Waals surface area contributed by atoms with Crippen molar-refractivity contribution in [1.29, 1.82) is 0 Å². The average molecular weight is 1030 g/mol. The van der Waals surface area contributed by atoms with E-state index in [2.05, 4.69) is 29.8 Å². The molecular weight excluding hydrogens is 954 g/mol. The van der Waals surface area contributed by atoms with Crippen LogP contribution in [0.1, 0.15) is 108 Å². The lowest BCUT2D eigenvalue weighted by molar-refractivity contribution is -0.148. The van der Waals surface area contributed by atoms with E-state index >= 15 is 4.79 Å². The highest BCUT2D eigenvalue weighted by Crippen LogP contribution is 2.47. The Hall–Kier alpha value is -5.14. The Balaban J connectivity index is 1.21. The second-order valence-corrected chi connectivity index (χ2v) is 23.2. The van der Waals surface area contributed by atoms with Gasteiger partial charge in [-0.1, -0.05) is 59.6 Å². The molecule has 20 heteroatoms. The zero-order valence-electron chi connectivity index (χ0n) is 43.1. The topological polar surface area (TPSA) is 209 Å². The first-order chi connectivity index (χ1) is 33.4. The molecule has 2 saturated carbocycles. The van der Waals surface area contributed by atoms with Crippen LogP contribution in [0.25, 0.3) is 22.3 Å². The molecule has 4 heterocycles. The highest BCUT2D eigenvalue weighted by molar-refractivity contribution is 7.14. The minimum atomic E-state index is -1.23. The number of nitrogens with zero attached hydrogens (tertiary/aromatic N) is 4. The molecule has 2 saturated heterocycles. The molecule has 3 N–H and O–H groups in total. The number of halogens is 1. The summed E-state index contributed by atoms with van der Waals surface area (Å²) in [7, 11) is 1.29. The fourth-order valence-corrected chi connectivity index (χ4v) is 10.8. The third kappa shape index (κ3) is 12.4. The van der Waals surface area contributed by atoms with Crippen LogP contribution in [0.4, 0.5) is 14.7 Å². The maximum Gasteiger partial charge on any atom is 0.410 e. The van der Waals surface area contributed by atoms with Gasteiger partial charge in [0.2, 0.25) is 11.8 Å². The minimum Gasteiger partial charge on any atom is -0.490 e. The van der Waals surface area contributed by atoms with Crippen LogP contribution in [-0.2, 0) is 33.3 Å². The maximum absolute atomic E-state index is 15.0. The van der Waals surface area contributed by atoms with Crippen LogP contribution in [0, 0.1) is 23.2 Å². The first-order valence-corrected chi connectivity index (χ1v) is 26.1. The number of morpholine rings is 1. The Kier molecular flexibility index (Phi) is 16.3. The molecule has 9 atom stereocenters. The van der Waals surface area contributed by atoms with E-state index in [4.69, 9.17) is 50.0 Å².